The summed E-state index contributed by atoms with van der Waals surface area (Å²) in [7, 11) is 0. The van der Waals surface area contributed by atoms with Crippen LogP contribution in [0.4, 0.5) is 0 Å². The molecule has 18 heavy (non-hydrogen) atoms. The number of hydrogen-bond acceptors (Lipinski definition) is 1. The van der Waals surface area contributed by atoms with Gasteiger partial charge in [-0.3, -0.25) is 0 Å². The van der Waals surface area contributed by atoms with Crippen molar-refractivity contribution < 1.29 is 4.74 Å². The summed E-state index contributed by atoms with van der Waals surface area (Å²) >= 11 is 7.20. The van der Waals surface area contributed by atoms with E-state index in [1.165, 1.54) is 15.6 Å². The molecule has 0 bridgehead atoms. The van der Waals surface area contributed by atoms with Gasteiger partial charge >= 0.3 is 0 Å². The molecular weight excluding hydrogens is 356 g/mol. The zero-order valence-electron chi connectivity index (χ0n) is 11.6. The topological polar surface area (TPSA) is 9.23 Å². The van der Waals surface area contributed by atoms with Crippen LogP contribution in [-0.2, 0) is 0 Å². The largest absolute Gasteiger partial charge is 0.493 e. The first-order valence-corrected chi connectivity index (χ1v) is 8.35. The van der Waals surface area contributed by atoms with Gasteiger partial charge in [0.05, 0.1) is 6.61 Å². The van der Waals surface area contributed by atoms with Crippen molar-refractivity contribution >= 4 is 31.9 Å². The summed E-state index contributed by atoms with van der Waals surface area (Å²) in [5.74, 6) is 0.973. The van der Waals surface area contributed by atoms with Gasteiger partial charge in [0.2, 0.25) is 0 Å². The van der Waals surface area contributed by atoms with Crippen molar-refractivity contribution in [1.82, 2.24) is 0 Å². The smallest absolute Gasteiger partial charge is 0.119 e. The van der Waals surface area contributed by atoms with Crippen LogP contribution in [0.25, 0.3) is 0 Å². The second-order valence-corrected chi connectivity index (χ2v) is 6.35. The highest BCUT2D eigenvalue weighted by Crippen LogP contribution is 2.31. The lowest BCUT2D eigenvalue weighted by atomic mass is 9.86. The third-order valence-corrected chi connectivity index (χ3v) is 6.18. The molecular formula is C15H22Br2O. The van der Waals surface area contributed by atoms with E-state index in [2.05, 4.69) is 71.7 Å². The summed E-state index contributed by atoms with van der Waals surface area (Å²) in [5, 5.41) is 0.988. The third kappa shape index (κ3) is 3.74. The van der Waals surface area contributed by atoms with Crippen molar-refractivity contribution in [2.45, 2.75) is 40.5 Å². The van der Waals surface area contributed by atoms with E-state index in [0.29, 0.717) is 0 Å². The van der Waals surface area contributed by atoms with Gasteiger partial charge in [0.15, 0.2) is 0 Å². The fraction of sp³-hybridized carbons (Fsp3) is 0.600. The lowest BCUT2D eigenvalue weighted by Gasteiger charge is -2.29. The van der Waals surface area contributed by atoms with E-state index in [1.807, 2.05) is 0 Å². The van der Waals surface area contributed by atoms with Crippen molar-refractivity contribution in [3.8, 4) is 5.75 Å². The maximum absolute atomic E-state index is 6.01. The number of ether oxygens (including phenoxy) is 1. The van der Waals surface area contributed by atoms with Crippen LogP contribution in [0.2, 0.25) is 0 Å². The van der Waals surface area contributed by atoms with Gasteiger partial charge in [-0.2, -0.15) is 0 Å². The Hall–Kier alpha value is -0.0200. The summed E-state index contributed by atoms with van der Waals surface area (Å²) in [4.78, 5) is 0. The number of alkyl halides is 1. The highest BCUT2D eigenvalue weighted by molar-refractivity contribution is 9.10. The molecule has 0 saturated heterocycles. The van der Waals surface area contributed by atoms with Crippen LogP contribution >= 0.6 is 31.9 Å². The average Bonchev–Trinajstić information content (AvgIpc) is 2.38. The summed E-state index contributed by atoms with van der Waals surface area (Å²) < 4.78 is 7.18. The monoisotopic (exact) mass is 376 g/mol. The van der Waals surface area contributed by atoms with Crippen LogP contribution in [-0.4, -0.2) is 11.9 Å². The molecule has 0 spiro atoms. The quantitative estimate of drug-likeness (QED) is 0.582. The maximum Gasteiger partial charge on any atom is 0.119 e. The minimum atomic E-state index is 0.245. The molecule has 0 atom stereocenters. The van der Waals surface area contributed by atoms with Gasteiger partial charge in [0.1, 0.15) is 5.75 Å². The summed E-state index contributed by atoms with van der Waals surface area (Å²) in [6, 6.07) is 4.20. The van der Waals surface area contributed by atoms with E-state index in [4.69, 9.17) is 4.74 Å². The Balaban J connectivity index is 2.80. The van der Waals surface area contributed by atoms with E-state index >= 15 is 0 Å². The van der Waals surface area contributed by atoms with Gasteiger partial charge in [-0.1, -0.05) is 45.7 Å². The average molecular weight is 378 g/mol. The first kappa shape index (κ1) is 16.0. The van der Waals surface area contributed by atoms with Gasteiger partial charge in [0.25, 0.3) is 0 Å². The van der Waals surface area contributed by atoms with Crippen LogP contribution < -0.4 is 4.74 Å². The molecule has 1 nitrogen and oxygen atoms in total. The van der Waals surface area contributed by atoms with Crippen LogP contribution in [0.1, 0.15) is 37.8 Å². The number of hydrogen-bond donors (Lipinski definition) is 0. The van der Waals surface area contributed by atoms with E-state index in [1.54, 1.807) is 0 Å². The van der Waals surface area contributed by atoms with Gasteiger partial charge in [-0.25, -0.2) is 0 Å². The van der Waals surface area contributed by atoms with Crippen LogP contribution in [0, 0.1) is 19.3 Å². The van der Waals surface area contributed by atoms with Gasteiger partial charge in [-0.15, -0.1) is 0 Å². The zero-order chi connectivity index (χ0) is 13.8. The normalized spacial score (nSPS) is 11.7. The Morgan fingerprint density at radius 1 is 1.11 bits per heavy atom. The molecule has 3 heteroatoms. The molecule has 0 unspecified atom stereocenters. The third-order valence-electron chi connectivity index (χ3n) is 3.74. The first-order chi connectivity index (χ1) is 8.48. The van der Waals surface area contributed by atoms with Crippen molar-refractivity contribution in [2.24, 2.45) is 5.41 Å². The van der Waals surface area contributed by atoms with E-state index in [-0.39, 0.29) is 5.41 Å². The van der Waals surface area contributed by atoms with E-state index < -0.39 is 0 Å². The van der Waals surface area contributed by atoms with Gasteiger partial charge in [-0.05, 0) is 49.9 Å². The molecule has 102 valence electrons. The molecule has 0 aliphatic carbocycles. The molecule has 1 aromatic rings. The predicted molar refractivity (Wildman–Crippen MR) is 85.9 cm³/mol. The summed E-state index contributed by atoms with van der Waals surface area (Å²) in [6.07, 6.45) is 2.26. The van der Waals surface area contributed by atoms with Crippen LogP contribution in [0.5, 0.6) is 5.75 Å². The summed E-state index contributed by atoms with van der Waals surface area (Å²) in [6.45, 7) is 9.42. The molecule has 0 saturated carbocycles. The number of halogens is 2. The highest BCUT2D eigenvalue weighted by Gasteiger charge is 2.25. The second kappa shape index (κ2) is 6.95. The van der Waals surface area contributed by atoms with E-state index in [9.17, 15) is 0 Å². The predicted octanol–water partition coefficient (Wildman–Crippen LogP) is 5.65. The highest BCUT2D eigenvalue weighted by atomic mass is 79.9. The Bertz CT molecular complexity index is 366. The Morgan fingerprint density at radius 3 is 2.00 bits per heavy atom. The number of rotatable bonds is 6. The Kier molecular flexibility index (Phi) is 6.19. The van der Waals surface area contributed by atoms with Gasteiger partial charge < -0.3 is 4.74 Å². The van der Waals surface area contributed by atoms with Crippen molar-refractivity contribution in [2.75, 3.05) is 11.9 Å². The molecule has 0 N–H and O–H groups in total. The molecule has 0 amide bonds. The molecule has 1 aromatic carbocycles. The van der Waals surface area contributed by atoms with Gasteiger partial charge in [0, 0.05) is 15.2 Å². The van der Waals surface area contributed by atoms with Crippen molar-refractivity contribution in [1.29, 1.82) is 0 Å². The van der Waals surface area contributed by atoms with Crippen LogP contribution in [0.3, 0.4) is 0 Å². The Morgan fingerprint density at radius 2 is 1.61 bits per heavy atom. The van der Waals surface area contributed by atoms with Crippen LogP contribution in [0.15, 0.2) is 16.6 Å². The minimum Gasteiger partial charge on any atom is -0.493 e. The number of aryl methyl sites for hydroxylation is 2. The second-order valence-electron chi connectivity index (χ2n) is 5.00. The van der Waals surface area contributed by atoms with Crippen molar-refractivity contribution in [3.05, 3.63) is 27.7 Å². The molecule has 0 heterocycles. The van der Waals surface area contributed by atoms with Crippen molar-refractivity contribution in [3.63, 3.8) is 0 Å². The summed E-state index contributed by atoms with van der Waals surface area (Å²) in [5.41, 5.74) is 2.69. The SMILES string of the molecule is CCC(CC)(CBr)COc1cc(C)c(Br)c(C)c1. The Labute approximate surface area is 128 Å². The molecule has 0 aliphatic rings. The lowest BCUT2D eigenvalue weighted by molar-refractivity contribution is 0.157. The minimum absolute atomic E-state index is 0.245. The lowest BCUT2D eigenvalue weighted by Crippen LogP contribution is -2.29. The fourth-order valence-corrected chi connectivity index (χ4v) is 3.09. The maximum atomic E-state index is 6.01. The standard InChI is InChI=1S/C15H22Br2O/c1-5-15(6-2,9-16)10-18-13-7-11(3)14(17)12(4)8-13/h7-8H,5-6,9-10H2,1-4H3. The molecule has 0 aliphatic heterocycles. The molecule has 0 aromatic heterocycles. The first-order valence-electron chi connectivity index (χ1n) is 6.43. The van der Waals surface area contributed by atoms with E-state index in [0.717, 1.165) is 30.5 Å². The molecule has 0 radical (unpaired) electrons. The fourth-order valence-electron chi connectivity index (χ4n) is 1.91. The molecule has 1 rings (SSSR count). The molecule has 0 fully saturated rings. The zero-order valence-corrected chi connectivity index (χ0v) is 14.8. The number of benzene rings is 1.